The zero-order valence-electron chi connectivity index (χ0n) is 19.1. The van der Waals surface area contributed by atoms with E-state index in [0.717, 1.165) is 34.6 Å². The molecule has 182 valence electrons. The number of rotatable bonds is 12. The summed E-state index contributed by atoms with van der Waals surface area (Å²) in [5.41, 5.74) is 0. The Morgan fingerprint density at radius 3 is 1.42 bits per heavy atom. The molecule has 11 heteroatoms. The second-order valence-electron chi connectivity index (χ2n) is 6.87. The molecule has 0 bridgehead atoms. The molecule has 0 aliphatic heterocycles. The van der Waals surface area contributed by atoms with Gasteiger partial charge >= 0.3 is 29.8 Å². The van der Waals surface area contributed by atoms with Crippen LogP contribution >= 0.6 is 0 Å². The Bertz CT molecular complexity index is 821. The lowest BCUT2D eigenvalue weighted by molar-refractivity contribution is -0.204. The lowest BCUT2D eigenvalue weighted by Crippen LogP contribution is -2.54. The summed E-state index contributed by atoms with van der Waals surface area (Å²) in [5.74, 6) is -3.40. The van der Waals surface area contributed by atoms with Gasteiger partial charge in [-0.3, -0.25) is 24.0 Å². The Labute approximate surface area is 191 Å². The fourth-order valence-electron chi connectivity index (χ4n) is 2.81. The number of para-hydroxylation sites is 1. The highest BCUT2D eigenvalue weighted by Crippen LogP contribution is 2.21. The molecule has 1 aromatic carbocycles. The highest BCUT2D eigenvalue weighted by molar-refractivity contribution is 5.69. The van der Waals surface area contributed by atoms with Gasteiger partial charge in [-0.15, -0.1) is 0 Å². The van der Waals surface area contributed by atoms with Gasteiger partial charge in [0.1, 0.15) is 19.0 Å². The van der Waals surface area contributed by atoms with E-state index in [1.165, 1.54) is 0 Å². The third kappa shape index (κ3) is 11.0. The molecule has 0 saturated heterocycles. The summed E-state index contributed by atoms with van der Waals surface area (Å²) in [6, 6.07) is 8.51. The summed E-state index contributed by atoms with van der Waals surface area (Å²) in [7, 11) is 0. The molecule has 0 aromatic heterocycles. The van der Waals surface area contributed by atoms with Gasteiger partial charge in [-0.05, 0) is 12.1 Å². The average molecular weight is 468 g/mol. The maximum absolute atomic E-state index is 11.9. The van der Waals surface area contributed by atoms with Crippen molar-refractivity contribution in [3.63, 3.8) is 0 Å². The Morgan fingerprint density at radius 2 is 1.03 bits per heavy atom. The molecule has 1 rings (SSSR count). The third-order valence-corrected chi connectivity index (χ3v) is 3.90. The first-order chi connectivity index (χ1) is 15.5. The summed E-state index contributed by atoms with van der Waals surface area (Å²) >= 11 is 0. The van der Waals surface area contributed by atoms with Crippen LogP contribution in [0.1, 0.15) is 34.6 Å². The van der Waals surface area contributed by atoms with E-state index in [-0.39, 0.29) is 6.61 Å². The molecular weight excluding hydrogens is 440 g/mol. The van der Waals surface area contributed by atoms with Crippen LogP contribution in [0, 0.1) is 0 Å². The van der Waals surface area contributed by atoms with E-state index < -0.39 is 60.9 Å². The normalized spacial score (nSPS) is 14.0. The molecule has 11 nitrogen and oxygen atoms in total. The summed E-state index contributed by atoms with van der Waals surface area (Å²) in [4.78, 5) is 58.5. The second kappa shape index (κ2) is 13.7. The van der Waals surface area contributed by atoms with Gasteiger partial charge in [0, 0.05) is 34.6 Å². The van der Waals surface area contributed by atoms with E-state index in [2.05, 4.69) is 0 Å². The number of hydrogen-bond acceptors (Lipinski definition) is 11. The molecule has 0 aliphatic rings. The molecule has 0 aliphatic carbocycles. The minimum atomic E-state index is -1.50. The van der Waals surface area contributed by atoms with Crippen LogP contribution in [0.15, 0.2) is 30.3 Å². The van der Waals surface area contributed by atoms with Gasteiger partial charge < -0.3 is 28.4 Å². The molecule has 4 atom stereocenters. The zero-order valence-corrected chi connectivity index (χ0v) is 19.1. The van der Waals surface area contributed by atoms with Gasteiger partial charge in [0.25, 0.3) is 0 Å². The summed E-state index contributed by atoms with van der Waals surface area (Å²) in [6.07, 6.45) is -5.64. The smallest absolute Gasteiger partial charge is 0.303 e. The molecule has 0 spiro atoms. The molecule has 0 amide bonds. The Hall–Kier alpha value is -3.63. The van der Waals surface area contributed by atoms with E-state index in [1.54, 1.807) is 30.3 Å². The molecule has 0 saturated carbocycles. The van der Waals surface area contributed by atoms with E-state index in [9.17, 15) is 24.0 Å². The SMILES string of the molecule is CC(=O)OCC(OC(C)=O)C(OC(C)=O)C(OC(C)=O)C(COc1ccccc1)OC(C)=O. The van der Waals surface area contributed by atoms with Crippen molar-refractivity contribution in [3.05, 3.63) is 30.3 Å². The average Bonchev–Trinajstić information content (AvgIpc) is 2.71. The summed E-state index contributed by atoms with van der Waals surface area (Å²) in [6.45, 7) is 4.70. The van der Waals surface area contributed by atoms with Crippen LogP contribution in [0.25, 0.3) is 0 Å². The van der Waals surface area contributed by atoms with Gasteiger partial charge in [0.05, 0.1) is 0 Å². The maximum Gasteiger partial charge on any atom is 0.303 e. The van der Waals surface area contributed by atoms with E-state index in [4.69, 9.17) is 28.4 Å². The largest absolute Gasteiger partial charge is 0.490 e. The van der Waals surface area contributed by atoms with Crippen LogP contribution in [-0.4, -0.2) is 67.5 Å². The summed E-state index contributed by atoms with van der Waals surface area (Å²) in [5, 5.41) is 0. The topological polar surface area (TPSA) is 141 Å². The Morgan fingerprint density at radius 1 is 0.606 bits per heavy atom. The maximum atomic E-state index is 11.9. The van der Waals surface area contributed by atoms with Crippen molar-refractivity contribution in [1.29, 1.82) is 0 Å². The fourth-order valence-corrected chi connectivity index (χ4v) is 2.81. The van der Waals surface area contributed by atoms with E-state index >= 15 is 0 Å². The van der Waals surface area contributed by atoms with Crippen LogP contribution in [-0.2, 0) is 47.7 Å². The zero-order chi connectivity index (χ0) is 25.0. The van der Waals surface area contributed by atoms with Gasteiger partial charge in [-0.2, -0.15) is 0 Å². The van der Waals surface area contributed by atoms with Gasteiger partial charge in [0.2, 0.25) is 0 Å². The van der Waals surface area contributed by atoms with Gasteiger partial charge in [0.15, 0.2) is 24.4 Å². The summed E-state index contributed by atoms with van der Waals surface area (Å²) < 4.78 is 31.7. The molecule has 0 heterocycles. The predicted molar refractivity (Wildman–Crippen MR) is 111 cm³/mol. The molecule has 33 heavy (non-hydrogen) atoms. The van der Waals surface area contributed by atoms with E-state index in [0.29, 0.717) is 5.75 Å². The van der Waals surface area contributed by atoms with Crippen molar-refractivity contribution in [2.75, 3.05) is 13.2 Å². The molecule has 1 aromatic rings. The molecule has 0 fully saturated rings. The standard InChI is InChI=1S/C22H28O11/c1-13(23)28-11-19(30-14(2)24)21(32-16(4)26)22(33-17(5)27)20(31-15(3)25)12-29-18-9-7-6-8-10-18/h6-10,19-22H,11-12H2,1-5H3. The number of carbonyl (C=O) groups is 5. The van der Waals surface area contributed by atoms with Crippen LogP contribution in [0.4, 0.5) is 0 Å². The Balaban J connectivity index is 3.37. The number of ether oxygens (including phenoxy) is 6. The van der Waals surface area contributed by atoms with E-state index in [1.807, 2.05) is 0 Å². The van der Waals surface area contributed by atoms with Gasteiger partial charge in [-0.25, -0.2) is 0 Å². The monoisotopic (exact) mass is 468 g/mol. The van der Waals surface area contributed by atoms with Crippen LogP contribution in [0.3, 0.4) is 0 Å². The molecule has 0 N–H and O–H groups in total. The third-order valence-electron chi connectivity index (χ3n) is 3.90. The first-order valence-corrected chi connectivity index (χ1v) is 9.99. The number of carbonyl (C=O) groups excluding carboxylic acids is 5. The fraction of sp³-hybridized carbons (Fsp3) is 0.500. The quantitative estimate of drug-likeness (QED) is 0.324. The second-order valence-corrected chi connectivity index (χ2v) is 6.87. The van der Waals surface area contributed by atoms with Crippen LogP contribution in [0.5, 0.6) is 5.75 Å². The predicted octanol–water partition coefficient (Wildman–Crippen LogP) is 1.36. The van der Waals surface area contributed by atoms with Crippen LogP contribution < -0.4 is 4.74 Å². The Kier molecular flexibility index (Phi) is 11.4. The van der Waals surface area contributed by atoms with Crippen LogP contribution in [0.2, 0.25) is 0 Å². The van der Waals surface area contributed by atoms with Crippen molar-refractivity contribution >= 4 is 29.8 Å². The van der Waals surface area contributed by atoms with Crippen molar-refractivity contribution in [2.24, 2.45) is 0 Å². The first kappa shape index (κ1) is 27.4. The van der Waals surface area contributed by atoms with Crippen molar-refractivity contribution in [3.8, 4) is 5.75 Å². The number of hydrogen-bond donors (Lipinski definition) is 0. The number of benzene rings is 1. The van der Waals surface area contributed by atoms with Gasteiger partial charge in [-0.1, -0.05) is 18.2 Å². The van der Waals surface area contributed by atoms with Crippen molar-refractivity contribution < 1.29 is 52.4 Å². The first-order valence-electron chi connectivity index (χ1n) is 9.99. The lowest BCUT2D eigenvalue weighted by atomic mass is 10.0. The number of esters is 5. The highest BCUT2D eigenvalue weighted by atomic mass is 16.6. The minimum absolute atomic E-state index is 0.306. The van der Waals surface area contributed by atoms with Crippen molar-refractivity contribution in [1.82, 2.24) is 0 Å². The molecule has 0 radical (unpaired) electrons. The highest BCUT2D eigenvalue weighted by Gasteiger charge is 2.44. The van der Waals surface area contributed by atoms with Crippen molar-refractivity contribution in [2.45, 2.75) is 59.0 Å². The minimum Gasteiger partial charge on any atom is -0.490 e. The lowest BCUT2D eigenvalue weighted by Gasteiger charge is -2.35. The molecular formula is C22H28O11. The molecule has 4 unspecified atom stereocenters.